The molecule has 0 spiro atoms. The van der Waals surface area contributed by atoms with E-state index >= 15 is 0 Å². The van der Waals surface area contributed by atoms with E-state index in [0.29, 0.717) is 11.8 Å². The van der Waals surface area contributed by atoms with Crippen LogP contribution in [0.2, 0.25) is 0 Å². The van der Waals surface area contributed by atoms with Crippen LogP contribution in [0.1, 0.15) is 39.3 Å². The quantitative estimate of drug-likeness (QED) is 0.781. The van der Waals surface area contributed by atoms with Crippen molar-refractivity contribution in [2.75, 3.05) is 26.7 Å². The predicted octanol–water partition coefficient (Wildman–Crippen LogP) is 3.70. The molecule has 1 rings (SSSR count). The van der Waals surface area contributed by atoms with Gasteiger partial charge >= 0.3 is 0 Å². The van der Waals surface area contributed by atoms with Crippen molar-refractivity contribution in [2.45, 2.75) is 33.7 Å². The minimum atomic E-state index is -0.120. The minimum absolute atomic E-state index is 0.0532. The van der Waals surface area contributed by atoms with Gasteiger partial charge in [-0.3, -0.25) is 0 Å². The third kappa shape index (κ3) is 4.88. The lowest BCUT2D eigenvalue weighted by molar-refractivity contribution is 0.201. The molecule has 0 bridgehead atoms. The van der Waals surface area contributed by atoms with E-state index in [4.69, 9.17) is 0 Å². The number of rotatable bonds is 8. The van der Waals surface area contributed by atoms with Crippen LogP contribution < -0.4 is 5.32 Å². The summed E-state index contributed by atoms with van der Waals surface area (Å²) in [5.74, 6) is 0.893. The summed E-state index contributed by atoms with van der Waals surface area (Å²) in [7, 11) is 1.91. The summed E-state index contributed by atoms with van der Waals surface area (Å²) in [6.45, 7) is 12.0. The highest BCUT2D eigenvalue weighted by Gasteiger charge is 2.22. The van der Waals surface area contributed by atoms with Crippen molar-refractivity contribution in [1.82, 2.24) is 10.2 Å². The average Bonchev–Trinajstić information content (AvgIpc) is 2.40. The molecule has 1 aromatic carbocycles. The summed E-state index contributed by atoms with van der Waals surface area (Å²) < 4.78 is 14.0. The summed E-state index contributed by atoms with van der Waals surface area (Å²) in [6.07, 6.45) is 0. The topological polar surface area (TPSA) is 15.3 Å². The van der Waals surface area contributed by atoms with E-state index < -0.39 is 0 Å². The molecule has 0 fully saturated rings. The molecular formula is C17H29FN2. The van der Waals surface area contributed by atoms with E-state index in [2.05, 4.69) is 37.9 Å². The van der Waals surface area contributed by atoms with Gasteiger partial charge in [0.25, 0.3) is 0 Å². The summed E-state index contributed by atoms with van der Waals surface area (Å²) in [5, 5.41) is 3.28. The van der Waals surface area contributed by atoms with Crippen LogP contribution in [0.25, 0.3) is 0 Å². The first kappa shape index (κ1) is 17.1. The van der Waals surface area contributed by atoms with Gasteiger partial charge in [0.2, 0.25) is 0 Å². The second-order valence-corrected chi connectivity index (χ2v) is 6.01. The van der Waals surface area contributed by atoms with E-state index in [1.807, 2.05) is 19.2 Å². The van der Waals surface area contributed by atoms with Crippen molar-refractivity contribution in [3.8, 4) is 0 Å². The Morgan fingerprint density at radius 3 is 2.30 bits per heavy atom. The first-order chi connectivity index (χ1) is 9.49. The molecule has 114 valence electrons. The Morgan fingerprint density at radius 2 is 1.80 bits per heavy atom. The van der Waals surface area contributed by atoms with Gasteiger partial charge in [-0.25, -0.2) is 4.39 Å². The molecule has 0 saturated heterocycles. The Hall–Kier alpha value is -0.930. The molecular weight excluding hydrogens is 251 g/mol. The molecule has 2 nitrogen and oxygen atoms in total. The van der Waals surface area contributed by atoms with Crippen LogP contribution in [0.3, 0.4) is 0 Å². The second kappa shape index (κ2) is 8.38. The lowest BCUT2D eigenvalue weighted by atomic mass is 9.93. The molecule has 3 heteroatoms. The van der Waals surface area contributed by atoms with Gasteiger partial charge in [-0.05, 0) is 31.5 Å². The van der Waals surface area contributed by atoms with Crippen LogP contribution in [-0.4, -0.2) is 31.6 Å². The largest absolute Gasteiger partial charge is 0.313 e. The van der Waals surface area contributed by atoms with Crippen LogP contribution in [0, 0.1) is 17.7 Å². The molecule has 0 aromatic heterocycles. The molecule has 0 amide bonds. The number of hydrogen-bond donors (Lipinski definition) is 1. The van der Waals surface area contributed by atoms with Crippen molar-refractivity contribution in [3.05, 3.63) is 35.6 Å². The van der Waals surface area contributed by atoms with Crippen molar-refractivity contribution in [2.24, 2.45) is 11.8 Å². The molecule has 20 heavy (non-hydrogen) atoms. The van der Waals surface area contributed by atoms with Crippen LogP contribution in [0.4, 0.5) is 4.39 Å². The number of nitrogens with one attached hydrogen (secondary N) is 1. The summed E-state index contributed by atoms with van der Waals surface area (Å²) >= 11 is 0. The fourth-order valence-electron chi connectivity index (χ4n) is 2.84. The molecule has 0 aliphatic carbocycles. The zero-order valence-corrected chi connectivity index (χ0v) is 13.5. The predicted molar refractivity (Wildman–Crippen MR) is 84.3 cm³/mol. The third-order valence-electron chi connectivity index (χ3n) is 3.74. The highest BCUT2D eigenvalue weighted by atomic mass is 19.1. The summed E-state index contributed by atoms with van der Waals surface area (Å²) in [5.41, 5.74) is 0.767. The van der Waals surface area contributed by atoms with Gasteiger partial charge in [0.05, 0.1) is 0 Å². The van der Waals surface area contributed by atoms with Gasteiger partial charge < -0.3 is 10.2 Å². The molecule has 1 aromatic rings. The molecule has 1 N–H and O–H groups in total. The maximum absolute atomic E-state index is 14.0. The van der Waals surface area contributed by atoms with E-state index in [9.17, 15) is 4.39 Å². The van der Waals surface area contributed by atoms with Gasteiger partial charge in [-0.2, -0.15) is 0 Å². The molecule has 2 unspecified atom stereocenters. The van der Waals surface area contributed by atoms with Gasteiger partial charge in [0.1, 0.15) is 5.82 Å². The molecule has 0 aliphatic rings. The van der Waals surface area contributed by atoms with E-state index in [1.165, 1.54) is 6.07 Å². The molecule has 0 radical (unpaired) electrons. The maximum Gasteiger partial charge on any atom is 0.127 e. The Morgan fingerprint density at radius 1 is 1.15 bits per heavy atom. The summed E-state index contributed by atoms with van der Waals surface area (Å²) in [6, 6.07) is 7.12. The monoisotopic (exact) mass is 280 g/mol. The highest BCUT2D eigenvalue weighted by Crippen LogP contribution is 2.25. The highest BCUT2D eigenvalue weighted by molar-refractivity contribution is 5.21. The van der Waals surface area contributed by atoms with E-state index in [1.54, 1.807) is 6.07 Å². The number of benzene rings is 1. The van der Waals surface area contributed by atoms with Crippen LogP contribution in [-0.2, 0) is 0 Å². The van der Waals surface area contributed by atoms with E-state index in [-0.39, 0.29) is 11.9 Å². The Bertz CT molecular complexity index is 392. The molecule has 0 saturated carbocycles. The fraction of sp³-hybridized carbons (Fsp3) is 0.647. The number of halogens is 1. The maximum atomic E-state index is 14.0. The number of nitrogens with zero attached hydrogens (tertiary/aromatic N) is 1. The first-order valence-corrected chi connectivity index (χ1v) is 7.63. The van der Waals surface area contributed by atoms with Crippen molar-refractivity contribution in [1.29, 1.82) is 0 Å². The van der Waals surface area contributed by atoms with Gasteiger partial charge in [-0.15, -0.1) is 0 Å². The smallest absolute Gasteiger partial charge is 0.127 e. The molecule has 0 heterocycles. The van der Waals surface area contributed by atoms with Crippen LogP contribution in [0.15, 0.2) is 24.3 Å². The lowest BCUT2D eigenvalue weighted by Gasteiger charge is -2.31. The van der Waals surface area contributed by atoms with E-state index in [0.717, 1.165) is 25.2 Å². The van der Waals surface area contributed by atoms with Crippen molar-refractivity contribution < 1.29 is 4.39 Å². The Balaban J connectivity index is 2.77. The van der Waals surface area contributed by atoms with Gasteiger partial charge in [0, 0.05) is 24.7 Å². The number of hydrogen-bond acceptors (Lipinski definition) is 2. The molecule has 0 aliphatic heterocycles. The van der Waals surface area contributed by atoms with Gasteiger partial charge in [0.15, 0.2) is 0 Å². The zero-order chi connectivity index (χ0) is 15.1. The lowest BCUT2D eigenvalue weighted by Crippen LogP contribution is -2.36. The minimum Gasteiger partial charge on any atom is -0.313 e. The SMILES string of the molecule is CCN(CC(C)C)CC(C)C(NC)c1ccccc1F. The van der Waals surface area contributed by atoms with Crippen LogP contribution >= 0.6 is 0 Å². The average molecular weight is 280 g/mol. The zero-order valence-electron chi connectivity index (χ0n) is 13.5. The fourth-order valence-corrected chi connectivity index (χ4v) is 2.84. The van der Waals surface area contributed by atoms with Crippen molar-refractivity contribution >= 4 is 0 Å². The molecule has 2 atom stereocenters. The third-order valence-corrected chi connectivity index (χ3v) is 3.74. The Kier molecular flexibility index (Phi) is 7.17. The Labute approximate surface area is 123 Å². The van der Waals surface area contributed by atoms with Crippen molar-refractivity contribution in [3.63, 3.8) is 0 Å². The second-order valence-electron chi connectivity index (χ2n) is 6.01. The first-order valence-electron chi connectivity index (χ1n) is 7.63. The normalized spacial score (nSPS) is 14.8. The van der Waals surface area contributed by atoms with Gasteiger partial charge in [-0.1, -0.05) is 45.9 Å². The summed E-state index contributed by atoms with van der Waals surface area (Å²) in [4.78, 5) is 2.44. The van der Waals surface area contributed by atoms with Crippen LogP contribution in [0.5, 0.6) is 0 Å². The standard InChI is InChI=1S/C17H29FN2/c1-6-20(11-13(2)3)12-14(4)17(19-5)15-9-7-8-10-16(15)18/h7-10,13-14,17,19H,6,11-12H2,1-5H3.